The third-order valence-electron chi connectivity index (χ3n) is 4.69. The summed E-state index contributed by atoms with van der Waals surface area (Å²) in [7, 11) is 2.05. The monoisotopic (exact) mass is 382 g/mol. The van der Waals surface area contributed by atoms with Gasteiger partial charge in [-0.3, -0.25) is 9.97 Å². The number of hydrogen-bond donors (Lipinski definition) is 1. The lowest BCUT2D eigenvalue weighted by Gasteiger charge is -2.32. The van der Waals surface area contributed by atoms with Gasteiger partial charge in [-0.2, -0.15) is 0 Å². The fraction of sp³-hybridized carbons (Fsp3) is 0.529. The van der Waals surface area contributed by atoms with Crippen molar-refractivity contribution in [2.24, 2.45) is 5.73 Å². The predicted molar refractivity (Wildman–Crippen MR) is 103 cm³/mol. The second kappa shape index (κ2) is 8.25. The molecule has 0 saturated heterocycles. The average Bonchev–Trinajstić information content (AvgIpc) is 3.37. The van der Waals surface area contributed by atoms with Gasteiger partial charge in [0.1, 0.15) is 11.6 Å². The first kappa shape index (κ1) is 19.8. The minimum absolute atomic E-state index is 0. The minimum atomic E-state index is 0. The summed E-state index contributed by atoms with van der Waals surface area (Å²) in [6, 6.07) is 2.46. The molecular weight excluding hydrogens is 359 g/mol. The van der Waals surface area contributed by atoms with Crippen molar-refractivity contribution in [2.75, 3.05) is 11.9 Å². The molecule has 0 atom stereocenters. The summed E-state index contributed by atoms with van der Waals surface area (Å²) >= 11 is 0. The molecule has 0 spiro atoms. The number of aromatic nitrogens is 4. The van der Waals surface area contributed by atoms with E-state index in [1.807, 2.05) is 7.05 Å². The number of hydrogen-bond acceptors (Lipinski definition) is 6. The van der Waals surface area contributed by atoms with E-state index in [9.17, 15) is 0 Å². The van der Waals surface area contributed by atoms with Crippen molar-refractivity contribution in [3.8, 4) is 0 Å². The van der Waals surface area contributed by atoms with Gasteiger partial charge in [0.15, 0.2) is 0 Å². The second-order valence-corrected chi connectivity index (χ2v) is 6.76. The molecule has 2 aromatic heterocycles. The molecule has 2 N–H and O–H groups in total. The predicted octanol–water partition coefficient (Wildman–Crippen LogP) is 2.83. The van der Waals surface area contributed by atoms with Crippen LogP contribution in [0.1, 0.15) is 54.7 Å². The number of rotatable bonds is 5. The van der Waals surface area contributed by atoms with Crippen molar-refractivity contribution < 1.29 is 0 Å². The van der Waals surface area contributed by atoms with E-state index >= 15 is 0 Å². The highest BCUT2D eigenvalue weighted by atomic mass is 35.5. The van der Waals surface area contributed by atoms with Crippen LogP contribution in [0.2, 0.25) is 0 Å². The van der Waals surface area contributed by atoms with Crippen LogP contribution in [-0.2, 0) is 6.54 Å². The zero-order chi connectivity index (χ0) is 15.8. The summed E-state index contributed by atoms with van der Waals surface area (Å²) in [5.41, 5.74) is 8.04. The number of nitrogens with zero attached hydrogens (tertiary/aromatic N) is 5. The first-order chi connectivity index (χ1) is 11.2. The van der Waals surface area contributed by atoms with E-state index in [1.54, 1.807) is 18.6 Å². The van der Waals surface area contributed by atoms with Crippen molar-refractivity contribution in [1.29, 1.82) is 0 Å². The molecule has 0 unspecified atom stereocenters. The Kier molecular flexibility index (Phi) is 6.54. The lowest BCUT2D eigenvalue weighted by Crippen LogP contribution is -2.35. The van der Waals surface area contributed by atoms with Gasteiger partial charge in [-0.25, -0.2) is 9.97 Å². The fourth-order valence-corrected chi connectivity index (χ4v) is 3.04. The zero-order valence-electron chi connectivity index (χ0n) is 14.2. The Labute approximate surface area is 160 Å². The van der Waals surface area contributed by atoms with Crippen LogP contribution in [0.15, 0.2) is 24.7 Å². The molecule has 6 nitrogen and oxygen atoms in total. The second-order valence-electron chi connectivity index (χ2n) is 6.76. The molecule has 4 rings (SSSR count). The standard InChI is InChI=1S/C17H22N6.2ClH/c1-23(10-14-9-19-4-5-20-14)16-8-15(12-6-13(18)7-12)21-17(22-16)11-2-3-11;;/h4-5,8-9,11-13H,2-3,6-7,10,18H2,1H3;2*1H. The highest BCUT2D eigenvalue weighted by Crippen LogP contribution is 2.41. The van der Waals surface area contributed by atoms with Crippen LogP contribution in [0, 0.1) is 0 Å². The summed E-state index contributed by atoms with van der Waals surface area (Å²) in [6.07, 6.45) is 9.70. The van der Waals surface area contributed by atoms with Crippen LogP contribution < -0.4 is 10.6 Å². The van der Waals surface area contributed by atoms with E-state index in [0.717, 1.165) is 35.9 Å². The Morgan fingerprint density at radius 2 is 1.88 bits per heavy atom. The van der Waals surface area contributed by atoms with Crippen molar-refractivity contribution in [3.05, 3.63) is 41.9 Å². The molecule has 136 valence electrons. The maximum absolute atomic E-state index is 5.95. The highest BCUT2D eigenvalue weighted by Gasteiger charge is 2.32. The Hall–Kier alpha value is -1.50. The van der Waals surface area contributed by atoms with E-state index in [2.05, 4.69) is 20.9 Å². The van der Waals surface area contributed by atoms with E-state index < -0.39 is 0 Å². The molecule has 0 bridgehead atoms. The zero-order valence-corrected chi connectivity index (χ0v) is 15.8. The van der Waals surface area contributed by atoms with Crippen molar-refractivity contribution in [2.45, 2.75) is 50.1 Å². The van der Waals surface area contributed by atoms with Gasteiger partial charge in [-0.05, 0) is 25.7 Å². The maximum Gasteiger partial charge on any atom is 0.134 e. The number of nitrogens with two attached hydrogens (primary N) is 1. The molecule has 2 aliphatic rings. The SMILES string of the molecule is CN(Cc1cnccn1)c1cc(C2CC(N)C2)nc(C2CC2)n1.Cl.Cl. The van der Waals surface area contributed by atoms with Gasteiger partial charge in [-0.15, -0.1) is 24.8 Å². The highest BCUT2D eigenvalue weighted by molar-refractivity contribution is 5.85. The molecule has 2 aromatic rings. The molecule has 2 fully saturated rings. The molecule has 0 radical (unpaired) electrons. The largest absolute Gasteiger partial charge is 0.354 e. The lowest BCUT2D eigenvalue weighted by atomic mass is 9.78. The fourth-order valence-electron chi connectivity index (χ4n) is 3.04. The van der Waals surface area contributed by atoms with Crippen LogP contribution in [0.5, 0.6) is 0 Å². The van der Waals surface area contributed by atoms with E-state index in [4.69, 9.17) is 15.7 Å². The lowest BCUT2D eigenvalue weighted by molar-refractivity contribution is 0.344. The molecule has 0 amide bonds. The minimum Gasteiger partial charge on any atom is -0.354 e. The summed E-state index contributed by atoms with van der Waals surface area (Å²) in [5, 5.41) is 0. The van der Waals surface area contributed by atoms with E-state index in [1.165, 1.54) is 12.8 Å². The first-order valence-electron chi connectivity index (χ1n) is 8.29. The molecular formula is C17H24Cl2N6. The summed E-state index contributed by atoms with van der Waals surface area (Å²) in [5.74, 6) is 3.02. The Morgan fingerprint density at radius 1 is 1.12 bits per heavy atom. The Bertz CT molecular complexity index is 689. The normalized spacial score (nSPS) is 21.5. The van der Waals surface area contributed by atoms with Gasteiger partial charge >= 0.3 is 0 Å². The molecule has 2 aliphatic carbocycles. The summed E-state index contributed by atoms with van der Waals surface area (Å²) in [6.45, 7) is 0.693. The Morgan fingerprint density at radius 3 is 2.48 bits per heavy atom. The van der Waals surface area contributed by atoms with Crippen LogP contribution in [-0.4, -0.2) is 33.0 Å². The van der Waals surface area contributed by atoms with Gasteiger partial charge in [0, 0.05) is 49.1 Å². The van der Waals surface area contributed by atoms with Gasteiger partial charge in [0.2, 0.25) is 0 Å². The quantitative estimate of drug-likeness (QED) is 0.855. The van der Waals surface area contributed by atoms with Gasteiger partial charge in [-0.1, -0.05) is 0 Å². The number of halogens is 2. The van der Waals surface area contributed by atoms with Crippen molar-refractivity contribution in [3.63, 3.8) is 0 Å². The molecule has 0 aromatic carbocycles. The van der Waals surface area contributed by atoms with Crippen molar-refractivity contribution in [1.82, 2.24) is 19.9 Å². The molecule has 2 saturated carbocycles. The molecule has 0 aliphatic heterocycles. The Balaban J connectivity index is 0.00000113. The number of anilines is 1. The van der Waals surface area contributed by atoms with Crippen molar-refractivity contribution >= 4 is 30.6 Å². The van der Waals surface area contributed by atoms with E-state index in [0.29, 0.717) is 24.4 Å². The van der Waals surface area contributed by atoms with Crippen LogP contribution in [0.4, 0.5) is 5.82 Å². The molecule has 8 heteroatoms. The topological polar surface area (TPSA) is 80.8 Å². The van der Waals surface area contributed by atoms with Gasteiger partial charge in [0.05, 0.1) is 18.4 Å². The molecule has 2 heterocycles. The van der Waals surface area contributed by atoms with Gasteiger partial charge in [0.25, 0.3) is 0 Å². The van der Waals surface area contributed by atoms with E-state index in [-0.39, 0.29) is 24.8 Å². The molecule has 25 heavy (non-hydrogen) atoms. The van der Waals surface area contributed by atoms with Crippen LogP contribution >= 0.6 is 24.8 Å². The maximum atomic E-state index is 5.95. The summed E-state index contributed by atoms with van der Waals surface area (Å²) in [4.78, 5) is 20.2. The first-order valence-corrected chi connectivity index (χ1v) is 8.29. The summed E-state index contributed by atoms with van der Waals surface area (Å²) < 4.78 is 0. The average molecular weight is 383 g/mol. The third kappa shape index (κ3) is 4.57. The van der Waals surface area contributed by atoms with Crippen LogP contribution in [0.25, 0.3) is 0 Å². The van der Waals surface area contributed by atoms with Crippen LogP contribution in [0.3, 0.4) is 0 Å². The third-order valence-corrected chi connectivity index (χ3v) is 4.69. The van der Waals surface area contributed by atoms with Gasteiger partial charge < -0.3 is 10.6 Å². The smallest absolute Gasteiger partial charge is 0.134 e.